The van der Waals surface area contributed by atoms with Crippen LogP contribution in [0.15, 0.2) is 18.2 Å². The molecule has 1 aromatic carbocycles. The van der Waals surface area contributed by atoms with E-state index in [2.05, 4.69) is 12.2 Å². The van der Waals surface area contributed by atoms with Gasteiger partial charge in [0, 0.05) is 29.0 Å². The average molecular weight is 269 g/mol. The molecule has 4 heteroatoms. The second kappa shape index (κ2) is 5.49. The second-order valence-corrected chi connectivity index (χ2v) is 6.89. The lowest BCUT2D eigenvalue weighted by Crippen LogP contribution is -2.34. The van der Waals surface area contributed by atoms with Gasteiger partial charge in [0.05, 0.1) is 0 Å². The van der Waals surface area contributed by atoms with Crippen LogP contribution in [0.25, 0.3) is 0 Å². The molecule has 1 heterocycles. The smallest absolute Gasteiger partial charge is 0.126 e. The molecule has 0 amide bonds. The topological polar surface area (TPSA) is 32.3 Å². The van der Waals surface area contributed by atoms with Crippen LogP contribution in [0.5, 0.6) is 5.75 Å². The summed E-state index contributed by atoms with van der Waals surface area (Å²) in [5, 5.41) is 13.2. The lowest BCUT2D eigenvalue weighted by Gasteiger charge is -2.26. The number of phenolic OH excluding ortho intramolecular Hbond substituents is 1. The molecule has 2 atom stereocenters. The van der Waals surface area contributed by atoms with Gasteiger partial charge in [-0.3, -0.25) is 0 Å². The van der Waals surface area contributed by atoms with Crippen LogP contribution in [0.2, 0.25) is 0 Å². The van der Waals surface area contributed by atoms with Crippen molar-refractivity contribution in [2.45, 2.75) is 37.5 Å². The summed E-state index contributed by atoms with van der Waals surface area (Å²) in [6.45, 7) is 5.18. The van der Waals surface area contributed by atoms with Crippen molar-refractivity contribution in [2.24, 2.45) is 0 Å². The van der Waals surface area contributed by atoms with E-state index in [0.717, 1.165) is 12.1 Å². The molecule has 0 bridgehead atoms. The summed E-state index contributed by atoms with van der Waals surface area (Å²) in [6, 6.07) is 4.23. The normalized spacial score (nSPS) is 25.3. The summed E-state index contributed by atoms with van der Waals surface area (Å²) in [4.78, 5) is 0. The van der Waals surface area contributed by atoms with Crippen LogP contribution in [0, 0.1) is 5.82 Å². The third-order valence-corrected chi connectivity index (χ3v) is 5.08. The van der Waals surface area contributed by atoms with Gasteiger partial charge < -0.3 is 10.4 Å². The van der Waals surface area contributed by atoms with Gasteiger partial charge in [-0.15, -0.1) is 0 Å². The largest absolute Gasteiger partial charge is 0.508 e. The highest BCUT2D eigenvalue weighted by atomic mass is 32.2. The quantitative estimate of drug-likeness (QED) is 0.878. The van der Waals surface area contributed by atoms with E-state index in [9.17, 15) is 9.50 Å². The SMILES string of the molecule is CC(NCC1(C)CCCS1)c1ccc(F)cc1O. The number of nitrogens with one attached hydrogen (secondary N) is 1. The molecule has 2 N–H and O–H groups in total. The molecule has 0 radical (unpaired) electrons. The number of hydrogen-bond acceptors (Lipinski definition) is 3. The van der Waals surface area contributed by atoms with E-state index >= 15 is 0 Å². The first-order chi connectivity index (χ1) is 8.50. The summed E-state index contributed by atoms with van der Waals surface area (Å²) >= 11 is 2.00. The van der Waals surface area contributed by atoms with E-state index in [1.165, 1.54) is 30.7 Å². The second-order valence-electron chi connectivity index (χ2n) is 5.21. The van der Waals surface area contributed by atoms with Crippen molar-refractivity contribution in [1.29, 1.82) is 0 Å². The van der Waals surface area contributed by atoms with Gasteiger partial charge in [-0.25, -0.2) is 4.39 Å². The first-order valence-corrected chi connectivity index (χ1v) is 7.34. The molecule has 2 unspecified atom stereocenters. The van der Waals surface area contributed by atoms with Gasteiger partial charge in [0.2, 0.25) is 0 Å². The molecule has 0 aromatic heterocycles. The van der Waals surface area contributed by atoms with Crippen molar-refractivity contribution in [1.82, 2.24) is 5.32 Å². The van der Waals surface area contributed by atoms with Gasteiger partial charge in [-0.2, -0.15) is 11.8 Å². The molecule has 0 aliphatic carbocycles. The Kier molecular flexibility index (Phi) is 4.17. The minimum atomic E-state index is -0.401. The van der Waals surface area contributed by atoms with Crippen molar-refractivity contribution in [3.63, 3.8) is 0 Å². The highest BCUT2D eigenvalue weighted by molar-refractivity contribution is 8.00. The zero-order valence-corrected chi connectivity index (χ0v) is 11.7. The third-order valence-electron chi connectivity index (χ3n) is 3.54. The predicted molar refractivity (Wildman–Crippen MR) is 74.6 cm³/mol. The van der Waals surface area contributed by atoms with Crippen molar-refractivity contribution in [2.75, 3.05) is 12.3 Å². The van der Waals surface area contributed by atoms with Gasteiger partial charge in [-0.05, 0) is 38.5 Å². The van der Waals surface area contributed by atoms with Crippen LogP contribution in [-0.2, 0) is 0 Å². The highest BCUT2D eigenvalue weighted by Gasteiger charge is 2.29. The Morgan fingerprint density at radius 3 is 2.94 bits per heavy atom. The van der Waals surface area contributed by atoms with E-state index in [1.54, 1.807) is 6.07 Å². The summed E-state index contributed by atoms with van der Waals surface area (Å²) in [7, 11) is 0. The van der Waals surface area contributed by atoms with Crippen LogP contribution in [0.4, 0.5) is 4.39 Å². The van der Waals surface area contributed by atoms with Gasteiger partial charge in [0.1, 0.15) is 11.6 Å². The fourth-order valence-corrected chi connectivity index (χ4v) is 3.59. The Balaban J connectivity index is 1.97. The third kappa shape index (κ3) is 3.18. The molecule has 1 fully saturated rings. The van der Waals surface area contributed by atoms with Crippen molar-refractivity contribution in [3.05, 3.63) is 29.6 Å². The Labute approximate surface area is 112 Å². The molecule has 1 aliphatic heterocycles. The Bertz CT molecular complexity index is 418. The van der Waals surface area contributed by atoms with E-state index in [0.29, 0.717) is 4.75 Å². The van der Waals surface area contributed by atoms with E-state index in [1.807, 2.05) is 18.7 Å². The van der Waals surface area contributed by atoms with Crippen LogP contribution in [0.3, 0.4) is 0 Å². The Morgan fingerprint density at radius 1 is 1.56 bits per heavy atom. The zero-order valence-electron chi connectivity index (χ0n) is 10.9. The van der Waals surface area contributed by atoms with Crippen LogP contribution >= 0.6 is 11.8 Å². The number of hydrogen-bond donors (Lipinski definition) is 2. The molecule has 1 aromatic rings. The zero-order chi connectivity index (χ0) is 13.2. The van der Waals surface area contributed by atoms with E-state index in [-0.39, 0.29) is 11.8 Å². The van der Waals surface area contributed by atoms with Crippen LogP contribution in [-0.4, -0.2) is 22.2 Å². The number of rotatable bonds is 4. The fourth-order valence-electron chi connectivity index (χ4n) is 2.34. The number of thioether (sulfide) groups is 1. The minimum absolute atomic E-state index is 0.0271. The monoisotopic (exact) mass is 269 g/mol. The Morgan fingerprint density at radius 2 is 2.33 bits per heavy atom. The maximum Gasteiger partial charge on any atom is 0.126 e. The van der Waals surface area contributed by atoms with Crippen LogP contribution in [0.1, 0.15) is 38.3 Å². The number of phenols is 1. The molecular weight excluding hydrogens is 249 g/mol. The van der Waals surface area contributed by atoms with Crippen molar-refractivity contribution >= 4 is 11.8 Å². The summed E-state index contributed by atoms with van der Waals surface area (Å²) in [6.07, 6.45) is 2.51. The van der Waals surface area contributed by atoms with E-state index < -0.39 is 5.82 Å². The minimum Gasteiger partial charge on any atom is -0.508 e. The number of benzene rings is 1. The molecular formula is C14H20FNOS. The standard InChI is InChI=1S/C14H20FNOS/c1-10(12-5-4-11(15)8-13(12)17)16-9-14(2)6-3-7-18-14/h4-5,8,10,16-17H,3,6-7,9H2,1-2H3. The van der Waals surface area contributed by atoms with Crippen LogP contribution < -0.4 is 5.32 Å². The van der Waals surface area contributed by atoms with Gasteiger partial charge in [0.15, 0.2) is 0 Å². The summed E-state index contributed by atoms with van der Waals surface area (Å²) in [5.41, 5.74) is 0.753. The summed E-state index contributed by atoms with van der Waals surface area (Å²) in [5.74, 6) is 0.856. The number of aromatic hydroxyl groups is 1. The van der Waals surface area contributed by atoms with E-state index in [4.69, 9.17) is 0 Å². The molecule has 100 valence electrons. The van der Waals surface area contributed by atoms with Gasteiger partial charge in [-0.1, -0.05) is 6.07 Å². The Hall–Kier alpha value is -0.740. The molecule has 0 spiro atoms. The molecule has 18 heavy (non-hydrogen) atoms. The van der Waals surface area contributed by atoms with Gasteiger partial charge >= 0.3 is 0 Å². The molecule has 1 saturated heterocycles. The highest BCUT2D eigenvalue weighted by Crippen LogP contribution is 2.37. The predicted octanol–water partition coefficient (Wildman–Crippen LogP) is 3.47. The average Bonchev–Trinajstić information content (AvgIpc) is 2.74. The first kappa shape index (κ1) is 13.7. The fraction of sp³-hybridized carbons (Fsp3) is 0.571. The molecule has 2 rings (SSSR count). The molecule has 1 aliphatic rings. The maximum atomic E-state index is 12.9. The first-order valence-electron chi connectivity index (χ1n) is 6.36. The molecule has 0 saturated carbocycles. The van der Waals surface area contributed by atoms with Crippen molar-refractivity contribution < 1.29 is 9.50 Å². The molecule has 2 nitrogen and oxygen atoms in total. The maximum absolute atomic E-state index is 12.9. The summed E-state index contributed by atoms with van der Waals surface area (Å²) < 4.78 is 13.2. The van der Waals surface area contributed by atoms with Crippen molar-refractivity contribution in [3.8, 4) is 5.75 Å². The lowest BCUT2D eigenvalue weighted by molar-refractivity contribution is 0.437. The number of halogens is 1. The lowest BCUT2D eigenvalue weighted by atomic mass is 10.0. The van der Waals surface area contributed by atoms with Gasteiger partial charge in [0.25, 0.3) is 0 Å².